The second-order valence-corrected chi connectivity index (χ2v) is 4.55. The molecule has 1 unspecified atom stereocenters. The molecule has 0 heterocycles. The second kappa shape index (κ2) is 8.17. The van der Waals surface area contributed by atoms with Crippen LogP contribution in [0, 0.1) is 0 Å². The number of hydrogen-bond donors (Lipinski definition) is 0. The lowest BCUT2D eigenvalue weighted by Crippen LogP contribution is -2.18. The molecule has 4 heteroatoms. The molecule has 0 amide bonds. The molecule has 1 saturated carbocycles. The summed E-state index contributed by atoms with van der Waals surface area (Å²) in [7, 11) is 0. The van der Waals surface area contributed by atoms with Crippen LogP contribution in [-0.2, 0) is 4.79 Å². The van der Waals surface area contributed by atoms with Gasteiger partial charge in [-0.1, -0.05) is 50.1 Å². The van der Waals surface area contributed by atoms with E-state index in [0.717, 1.165) is 32.1 Å². The quantitative estimate of drug-likeness (QED) is 0.374. The van der Waals surface area contributed by atoms with E-state index in [9.17, 15) is 4.79 Å². The lowest BCUT2D eigenvalue weighted by molar-refractivity contribution is -0.120. The molecule has 1 rings (SSSR count). The fraction of sp³-hybridized carbons (Fsp3) is 0.917. The van der Waals surface area contributed by atoms with Crippen LogP contribution < -0.4 is 0 Å². The molecule has 0 aromatic rings. The molecule has 0 spiro atoms. The summed E-state index contributed by atoms with van der Waals surface area (Å²) < 4.78 is 0. The van der Waals surface area contributed by atoms with Gasteiger partial charge in [0.1, 0.15) is 5.78 Å². The van der Waals surface area contributed by atoms with Gasteiger partial charge >= 0.3 is 0 Å². The van der Waals surface area contributed by atoms with Crippen molar-refractivity contribution in [3.8, 4) is 0 Å². The van der Waals surface area contributed by atoms with Gasteiger partial charge in [0.05, 0.1) is 6.04 Å². The first-order valence-electron chi connectivity index (χ1n) is 6.41. The SMILES string of the molecule is [N-]=[N+]=NC1CCCCCCCCCCC1=O. The fourth-order valence-corrected chi connectivity index (χ4v) is 2.21. The summed E-state index contributed by atoms with van der Waals surface area (Å²) in [5, 5.41) is 3.62. The zero-order chi connectivity index (χ0) is 11.6. The van der Waals surface area contributed by atoms with E-state index in [-0.39, 0.29) is 5.78 Å². The summed E-state index contributed by atoms with van der Waals surface area (Å²) in [6, 6.07) is -0.399. The van der Waals surface area contributed by atoms with Crippen LogP contribution in [0.4, 0.5) is 0 Å². The standard InChI is InChI=1S/C12H21N3O/c13-15-14-11-9-7-5-3-1-2-4-6-8-10-12(11)16/h11H,1-10H2. The van der Waals surface area contributed by atoms with E-state index in [4.69, 9.17) is 5.53 Å². The largest absolute Gasteiger partial charge is 0.299 e. The second-order valence-electron chi connectivity index (χ2n) is 4.55. The average Bonchev–Trinajstić information content (AvgIpc) is 2.28. The minimum absolute atomic E-state index is 0.137. The molecule has 16 heavy (non-hydrogen) atoms. The predicted octanol–water partition coefficient (Wildman–Crippen LogP) is 4.15. The Balaban J connectivity index is 2.46. The predicted molar refractivity (Wildman–Crippen MR) is 64.1 cm³/mol. The summed E-state index contributed by atoms with van der Waals surface area (Å²) in [4.78, 5) is 14.5. The Labute approximate surface area is 97.0 Å². The molecule has 1 fully saturated rings. The molecule has 1 aliphatic rings. The van der Waals surface area contributed by atoms with Crippen molar-refractivity contribution in [3.63, 3.8) is 0 Å². The minimum Gasteiger partial charge on any atom is -0.299 e. The highest BCUT2D eigenvalue weighted by molar-refractivity contribution is 5.84. The van der Waals surface area contributed by atoms with Crippen LogP contribution in [-0.4, -0.2) is 11.8 Å². The third-order valence-corrected chi connectivity index (χ3v) is 3.21. The van der Waals surface area contributed by atoms with Gasteiger partial charge in [0.25, 0.3) is 0 Å². The van der Waals surface area contributed by atoms with Crippen molar-refractivity contribution in [2.24, 2.45) is 5.11 Å². The van der Waals surface area contributed by atoms with E-state index in [1.165, 1.54) is 25.7 Å². The van der Waals surface area contributed by atoms with E-state index >= 15 is 0 Å². The van der Waals surface area contributed by atoms with Crippen LogP contribution in [0.2, 0.25) is 0 Å². The van der Waals surface area contributed by atoms with E-state index in [1.807, 2.05) is 0 Å². The maximum Gasteiger partial charge on any atom is 0.141 e. The third kappa shape index (κ3) is 5.17. The van der Waals surface area contributed by atoms with Crippen LogP contribution in [0.5, 0.6) is 0 Å². The van der Waals surface area contributed by atoms with Crippen LogP contribution in [0.3, 0.4) is 0 Å². The number of azide groups is 1. The number of carbonyl (C=O) groups excluding carboxylic acids is 1. The number of rotatable bonds is 1. The smallest absolute Gasteiger partial charge is 0.141 e. The summed E-state index contributed by atoms with van der Waals surface area (Å²) >= 11 is 0. The highest BCUT2D eigenvalue weighted by atomic mass is 16.1. The Kier molecular flexibility index (Phi) is 6.66. The first-order valence-corrected chi connectivity index (χ1v) is 6.41. The molecule has 0 radical (unpaired) electrons. The van der Waals surface area contributed by atoms with Gasteiger partial charge in [-0.05, 0) is 18.4 Å². The van der Waals surface area contributed by atoms with Gasteiger partial charge in [0.15, 0.2) is 0 Å². The van der Waals surface area contributed by atoms with E-state index in [1.54, 1.807) is 0 Å². The normalized spacial score (nSPS) is 25.0. The van der Waals surface area contributed by atoms with Crippen molar-refractivity contribution in [3.05, 3.63) is 10.4 Å². The molecule has 4 nitrogen and oxygen atoms in total. The molecular formula is C12H21N3O. The Morgan fingerprint density at radius 3 is 2.19 bits per heavy atom. The molecule has 0 aromatic carbocycles. The van der Waals surface area contributed by atoms with E-state index in [0.29, 0.717) is 6.42 Å². The van der Waals surface area contributed by atoms with Crippen molar-refractivity contribution >= 4 is 5.78 Å². The summed E-state index contributed by atoms with van der Waals surface area (Å²) in [5.41, 5.74) is 8.43. The summed E-state index contributed by atoms with van der Waals surface area (Å²) in [5.74, 6) is 0.137. The Hall–Kier alpha value is -1.02. The Morgan fingerprint density at radius 1 is 1.00 bits per heavy atom. The first kappa shape index (κ1) is 13.0. The maximum atomic E-state index is 11.8. The van der Waals surface area contributed by atoms with Crippen molar-refractivity contribution in [2.75, 3.05) is 0 Å². The van der Waals surface area contributed by atoms with Gasteiger partial charge in [-0.3, -0.25) is 4.79 Å². The minimum atomic E-state index is -0.399. The lowest BCUT2D eigenvalue weighted by Gasteiger charge is -2.11. The maximum absolute atomic E-state index is 11.8. The van der Waals surface area contributed by atoms with Crippen molar-refractivity contribution < 1.29 is 4.79 Å². The van der Waals surface area contributed by atoms with Crippen molar-refractivity contribution in [1.29, 1.82) is 0 Å². The van der Waals surface area contributed by atoms with Gasteiger partial charge in [-0.25, -0.2) is 0 Å². The molecule has 0 aromatic heterocycles. The number of hydrogen-bond acceptors (Lipinski definition) is 2. The number of Topliss-reactive ketones (excluding diaryl/α,β-unsaturated/α-hetero) is 1. The van der Waals surface area contributed by atoms with E-state index in [2.05, 4.69) is 10.0 Å². The molecule has 0 aliphatic heterocycles. The molecular weight excluding hydrogens is 202 g/mol. The summed E-state index contributed by atoms with van der Waals surface area (Å²) in [6.07, 6.45) is 10.7. The van der Waals surface area contributed by atoms with Crippen LogP contribution in [0.25, 0.3) is 10.4 Å². The molecule has 1 aliphatic carbocycles. The van der Waals surface area contributed by atoms with Crippen LogP contribution >= 0.6 is 0 Å². The zero-order valence-electron chi connectivity index (χ0n) is 9.90. The topological polar surface area (TPSA) is 65.8 Å². The highest BCUT2D eigenvalue weighted by Crippen LogP contribution is 2.16. The van der Waals surface area contributed by atoms with Gasteiger partial charge in [0.2, 0.25) is 0 Å². The first-order chi connectivity index (χ1) is 7.84. The highest BCUT2D eigenvalue weighted by Gasteiger charge is 2.16. The van der Waals surface area contributed by atoms with Gasteiger partial charge in [0, 0.05) is 11.3 Å². The monoisotopic (exact) mass is 223 g/mol. The molecule has 0 saturated heterocycles. The molecule has 1 atom stereocenters. The van der Waals surface area contributed by atoms with Gasteiger partial charge in [-0.15, -0.1) is 0 Å². The Bertz CT molecular complexity index is 259. The molecule has 0 N–H and O–H groups in total. The van der Waals surface area contributed by atoms with Crippen molar-refractivity contribution in [2.45, 2.75) is 70.3 Å². The van der Waals surface area contributed by atoms with Crippen LogP contribution in [0.1, 0.15) is 64.2 Å². The molecule has 0 bridgehead atoms. The zero-order valence-corrected chi connectivity index (χ0v) is 9.90. The van der Waals surface area contributed by atoms with Gasteiger partial charge < -0.3 is 0 Å². The summed E-state index contributed by atoms with van der Waals surface area (Å²) in [6.45, 7) is 0. The Morgan fingerprint density at radius 2 is 1.56 bits per heavy atom. The van der Waals surface area contributed by atoms with Crippen molar-refractivity contribution in [1.82, 2.24) is 0 Å². The van der Waals surface area contributed by atoms with E-state index < -0.39 is 6.04 Å². The molecule has 90 valence electrons. The fourth-order valence-electron chi connectivity index (χ4n) is 2.21. The third-order valence-electron chi connectivity index (χ3n) is 3.21. The lowest BCUT2D eigenvalue weighted by atomic mass is 9.97. The number of ketones is 1. The average molecular weight is 223 g/mol. The number of nitrogens with zero attached hydrogens (tertiary/aromatic N) is 3. The van der Waals surface area contributed by atoms with Crippen LogP contribution in [0.15, 0.2) is 5.11 Å². The number of carbonyl (C=O) groups is 1. The van der Waals surface area contributed by atoms with Gasteiger partial charge in [-0.2, -0.15) is 0 Å².